The van der Waals surface area contributed by atoms with E-state index in [-0.39, 0.29) is 13.2 Å². The fraction of sp³-hybridized carbons (Fsp3) is 0.263. The zero-order valence-corrected chi connectivity index (χ0v) is 14.5. The van der Waals surface area contributed by atoms with Crippen molar-refractivity contribution in [2.75, 3.05) is 0 Å². The minimum absolute atomic E-state index is 0.0608. The molecule has 0 fully saturated rings. The lowest BCUT2D eigenvalue weighted by Crippen LogP contribution is -2.44. The van der Waals surface area contributed by atoms with Crippen LogP contribution < -0.4 is 10.6 Å². The van der Waals surface area contributed by atoms with Crippen LogP contribution in [0.15, 0.2) is 54.6 Å². The third-order valence-electron chi connectivity index (χ3n) is 3.66. The predicted octanol–water partition coefficient (Wildman–Crippen LogP) is 3.64. The van der Waals surface area contributed by atoms with Crippen molar-refractivity contribution in [1.82, 2.24) is 10.6 Å². The molecule has 2 aromatic rings. The van der Waals surface area contributed by atoms with Gasteiger partial charge in [0.05, 0.1) is 5.56 Å². The minimum Gasteiger partial charge on any atom is -0.445 e. The summed E-state index contributed by atoms with van der Waals surface area (Å²) < 4.78 is 43.1. The smallest absolute Gasteiger partial charge is 0.416 e. The predicted molar refractivity (Wildman–Crippen MR) is 92.5 cm³/mol. The number of alkyl halides is 3. The zero-order valence-electron chi connectivity index (χ0n) is 14.5. The molecular formula is C19H19F3N2O3. The summed E-state index contributed by atoms with van der Waals surface area (Å²) in [5.41, 5.74) is 0.316. The highest BCUT2D eigenvalue weighted by Gasteiger charge is 2.30. The first-order chi connectivity index (χ1) is 12.8. The van der Waals surface area contributed by atoms with E-state index in [1.54, 1.807) is 24.3 Å². The van der Waals surface area contributed by atoms with Gasteiger partial charge in [0.15, 0.2) is 0 Å². The van der Waals surface area contributed by atoms with Crippen LogP contribution >= 0.6 is 0 Å². The van der Waals surface area contributed by atoms with Crippen molar-refractivity contribution in [3.63, 3.8) is 0 Å². The standard InChI is InChI=1S/C19H19F3N2O3/c1-13(24-18(26)27-12-14-6-3-2-4-7-14)17(25)23-11-15-8-5-9-16(10-15)19(20,21)22/h2-10,13H,11-12H2,1H3,(H,23,25)(H,24,26)/t13-/m0/s1. The summed E-state index contributed by atoms with van der Waals surface area (Å²) in [6.45, 7) is 1.42. The van der Waals surface area contributed by atoms with Gasteiger partial charge in [-0.2, -0.15) is 13.2 Å². The van der Waals surface area contributed by atoms with Crippen LogP contribution in [0.3, 0.4) is 0 Å². The Hall–Kier alpha value is -3.03. The summed E-state index contributed by atoms with van der Waals surface area (Å²) in [5.74, 6) is -0.538. The molecule has 0 saturated heterocycles. The molecule has 2 amide bonds. The molecule has 0 aliphatic carbocycles. The number of halogens is 3. The second-order valence-corrected chi connectivity index (χ2v) is 5.84. The Morgan fingerprint density at radius 2 is 1.70 bits per heavy atom. The van der Waals surface area contributed by atoms with Gasteiger partial charge in [0, 0.05) is 6.54 Å². The summed E-state index contributed by atoms with van der Waals surface area (Å²) in [6, 6.07) is 12.8. The highest BCUT2D eigenvalue weighted by atomic mass is 19.4. The fourth-order valence-electron chi connectivity index (χ4n) is 2.21. The first-order valence-electron chi connectivity index (χ1n) is 8.17. The number of hydrogen-bond donors (Lipinski definition) is 2. The van der Waals surface area contributed by atoms with E-state index in [4.69, 9.17) is 4.74 Å². The van der Waals surface area contributed by atoms with Gasteiger partial charge in [-0.05, 0) is 30.2 Å². The Labute approximate surface area is 154 Å². The molecule has 0 radical (unpaired) electrons. The summed E-state index contributed by atoms with van der Waals surface area (Å²) in [4.78, 5) is 23.7. The van der Waals surface area contributed by atoms with Gasteiger partial charge in [-0.15, -0.1) is 0 Å². The van der Waals surface area contributed by atoms with E-state index in [1.165, 1.54) is 19.1 Å². The molecule has 0 saturated carbocycles. The Morgan fingerprint density at radius 1 is 1.04 bits per heavy atom. The van der Waals surface area contributed by atoms with E-state index in [0.29, 0.717) is 5.56 Å². The van der Waals surface area contributed by atoms with Gasteiger partial charge < -0.3 is 15.4 Å². The van der Waals surface area contributed by atoms with Gasteiger partial charge in [0.1, 0.15) is 12.6 Å². The number of nitrogens with one attached hydrogen (secondary N) is 2. The van der Waals surface area contributed by atoms with Crippen LogP contribution in [0.5, 0.6) is 0 Å². The van der Waals surface area contributed by atoms with E-state index < -0.39 is 29.8 Å². The molecule has 0 aliphatic rings. The van der Waals surface area contributed by atoms with Crippen molar-refractivity contribution in [2.45, 2.75) is 32.3 Å². The third-order valence-corrected chi connectivity index (χ3v) is 3.66. The average molecular weight is 380 g/mol. The van der Waals surface area contributed by atoms with E-state index in [0.717, 1.165) is 17.7 Å². The SMILES string of the molecule is C[C@H](NC(=O)OCc1ccccc1)C(=O)NCc1cccc(C(F)(F)F)c1. The molecular weight excluding hydrogens is 361 g/mol. The lowest BCUT2D eigenvalue weighted by atomic mass is 10.1. The number of rotatable bonds is 6. The van der Waals surface area contributed by atoms with Gasteiger partial charge in [0.2, 0.25) is 5.91 Å². The number of hydrogen-bond acceptors (Lipinski definition) is 3. The highest BCUT2D eigenvalue weighted by molar-refractivity contribution is 5.85. The maximum absolute atomic E-state index is 12.7. The topological polar surface area (TPSA) is 67.4 Å². The lowest BCUT2D eigenvalue weighted by molar-refractivity contribution is -0.137. The number of alkyl carbamates (subject to hydrolysis) is 1. The monoisotopic (exact) mass is 380 g/mol. The Bertz CT molecular complexity index is 779. The van der Waals surface area contributed by atoms with Crippen LogP contribution in [-0.4, -0.2) is 18.0 Å². The molecule has 2 N–H and O–H groups in total. The van der Waals surface area contributed by atoms with E-state index in [9.17, 15) is 22.8 Å². The van der Waals surface area contributed by atoms with E-state index in [2.05, 4.69) is 10.6 Å². The van der Waals surface area contributed by atoms with E-state index in [1.807, 2.05) is 6.07 Å². The normalized spacial score (nSPS) is 12.1. The quantitative estimate of drug-likeness (QED) is 0.804. The van der Waals surface area contributed by atoms with Gasteiger partial charge >= 0.3 is 12.3 Å². The van der Waals surface area contributed by atoms with Crippen LogP contribution in [0, 0.1) is 0 Å². The largest absolute Gasteiger partial charge is 0.445 e. The summed E-state index contributed by atoms with van der Waals surface area (Å²) in [7, 11) is 0. The summed E-state index contributed by atoms with van der Waals surface area (Å²) in [5, 5.41) is 4.85. The molecule has 0 heterocycles. The maximum atomic E-state index is 12.7. The molecule has 2 rings (SSSR count). The van der Waals surface area contributed by atoms with Crippen molar-refractivity contribution in [1.29, 1.82) is 0 Å². The van der Waals surface area contributed by atoms with Crippen LogP contribution in [0.25, 0.3) is 0 Å². The number of ether oxygens (including phenoxy) is 1. The van der Waals surface area contributed by atoms with Crippen LogP contribution in [-0.2, 0) is 28.9 Å². The second-order valence-electron chi connectivity index (χ2n) is 5.84. The van der Waals surface area contributed by atoms with Gasteiger partial charge in [-0.1, -0.05) is 42.5 Å². The van der Waals surface area contributed by atoms with Crippen molar-refractivity contribution in [2.24, 2.45) is 0 Å². The number of carbonyl (C=O) groups is 2. The molecule has 5 nitrogen and oxygen atoms in total. The van der Waals surface area contributed by atoms with Crippen molar-refractivity contribution in [3.8, 4) is 0 Å². The zero-order chi connectivity index (χ0) is 19.9. The molecule has 0 unspecified atom stereocenters. The molecule has 8 heteroatoms. The molecule has 0 spiro atoms. The number of carbonyl (C=O) groups excluding carboxylic acids is 2. The molecule has 0 aliphatic heterocycles. The minimum atomic E-state index is -4.45. The average Bonchev–Trinajstić information content (AvgIpc) is 2.64. The molecule has 1 atom stereocenters. The lowest BCUT2D eigenvalue weighted by Gasteiger charge is -2.15. The van der Waals surface area contributed by atoms with Crippen molar-refractivity contribution in [3.05, 3.63) is 71.3 Å². The Morgan fingerprint density at radius 3 is 2.37 bits per heavy atom. The summed E-state index contributed by atoms with van der Waals surface area (Å²) in [6.07, 6.45) is -5.21. The van der Waals surface area contributed by atoms with Crippen LogP contribution in [0.4, 0.5) is 18.0 Å². The van der Waals surface area contributed by atoms with Crippen molar-refractivity contribution >= 4 is 12.0 Å². The van der Waals surface area contributed by atoms with Crippen LogP contribution in [0.1, 0.15) is 23.6 Å². The molecule has 27 heavy (non-hydrogen) atoms. The maximum Gasteiger partial charge on any atom is 0.416 e. The van der Waals surface area contributed by atoms with Gasteiger partial charge in [0.25, 0.3) is 0 Å². The first kappa shape index (κ1) is 20.3. The Kier molecular flexibility index (Phi) is 6.81. The molecule has 2 aromatic carbocycles. The van der Waals surface area contributed by atoms with Crippen molar-refractivity contribution < 1.29 is 27.5 Å². The Balaban J connectivity index is 1.79. The molecule has 0 aromatic heterocycles. The summed E-state index contributed by atoms with van der Waals surface area (Å²) >= 11 is 0. The van der Waals surface area contributed by atoms with Crippen LogP contribution in [0.2, 0.25) is 0 Å². The first-order valence-corrected chi connectivity index (χ1v) is 8.17. The number of amides is 2. The third kappa shape index (κ3) is 6.65. The van der Waals surface area contributed by atoms with E-state index >= 15 is 0 Å². The van der Waals surface area contributed by atoms with Gasteiger partial charge in [-0.3, -0.25) is 4.79 Å². The molecule has 0 bridgehead atoms. The second kappa shape index (κ2) is 9.07. The van der Waals surface area contributed by atoms with Gasteiger partial charge in [-0.25, -0.2) is 4.79 Å². The molecule has 144 valence electrons. The number of benzene rings is 2. The fourth-order valence-corrected chi connectivity index (χ4v) is 2.21. The highest BCUT2D eigenvalue weighted by Crippen LogP contribution is 2.29.